The van der Waals surface area contributed by atoms with Gasteiger partial charge in [0, 0.05) is 6.07 Å². The summed E-state index contributed by atoms with van der Waals surface area (Å²) in [6.45, 7) is 10.1. The van der Waals surface area contributed by atoms with Crippen LogP contribution in [0.1, 0.15) is 51.7 Å². The van der Waals surface area contributed by atoms with Crippen LogP contribution >= 0.6 is 0 Å². The summed E-state index contributed by atoms with van der Waals surface area (Å²) in [5, 5.41) is 11.1. The number of rotatable bonds is 4. The van der Waals surface area contributed by atoms with Crippen LogP contribution in [0.15, 0.2) is 18.2 Å². The lowest BCUT2D eigenvalue weighted by Crippen LogP contribution is -2.19. The molecule has 0 heterocycles. The quantitative estimate of drug-likeness (QED) is 0.599. The predicted molar refractivity (Wildman–Crippen MR) is 71.7 cm³/mol. The summed E-state index contributed by atoms with van der Waals surface area (Å²) >= 11 is 0. The Bertz CT molecular complexity index is 433. The van der Waals surface area contributed by atoms with E-state index in [4.69, 9.17) is 4.74 Å². The zero-order valence-corrected chi connectivity index (χ0v) is 11.7. The third kappa shape index (κ3) is 4.11. The van der Waals surface area contributed by atoms with Gasteiger partial charge in [-0.1, -0.05) is 19.9 Å². The molecule has 4 heteroatoms. The first-order chi connectivity index (χ1) is 8.20. The molecule has 0 saturated carbocycles. The fourth-order valence-electron chi connectivity index (χ4n) is 1.53. The van der Waals surface area contributed by atoms with E-state index in [-0.39, 0.29) is 28.7 Å². The van der Waals surface area contributed by atoms with Crippen LogP contribution in [0.2, 0.25) is 0 Å². The molecular weight excluding hydrogens is 230 g/mol. The number of nitro groups is 1. The van der Waals surface area contributed by atoms with Crippen molar-refractivity contribution in [1.29, 1.82) is 0 Å². The summed E-state index contributed by atoms with van der Waals surface area (Å²) in [5.41, 5.74) is 1.44. The molecule has 0 aliphatic carbocycles. The van der Waals surface area contributed by atoms with Gasteiger partial charge < -0.3 is 4.74 Å². The molecule has 1 rings (SSSR count). The highest BCUT2D eigenvalue weighted by Crippen LogP contribution is 2.26. The zero-order valence-electron chi connectivity index (χ0n) is 11.7. The maximum atomic E-state index is 11.1. The maximum absolute atomic E-state index is 11.1. The summed E-state index contributed by atoms with van der Waals surface area (Å²) in [7, 11) is 0. The Labute approximate surface area is 108 Å². The van der Waals surface area contributed by atoms with Gasteiger partial charge in [-0.25, -0.2) is 0 Å². The Morgan fingerprint density at radius 1 is 1.33 bits per heavy atom. The molecule has 0 spiro atoms. The summed E-state index contributed by atoms with van der Waals surface area (Å²) in [6, 6.07) is 5.37. The standard InChI is InChI=1S/C14H21NO3/c1-10(2)11-6-7-12(9-18-14(3,4)5)13(8-11)15(16)17/h6-8,10H,9H2,1-5H3. The fraction of sp³-hybridized carbons (Fsp3) is 0.571. The first-order valence-electron chi connectivity index (χ1n) is 6.12. The molecule has 0 fully saturated rings. The van der Waals surface area contributed by atoms with Gasteiger partial charge in [-0.3, -0.25) is 10.1 Å². The fourth-order valence-corrected chi connectivity index (χ4v) is 1.53. The Kier molecular flexibility index (Phi) is 4.46. The number of nitrogens with zero attached hydrogens (tertiary/aromatic N) is 1. The molecular formula is C14H21NO3. The molecule has 1 aromatic carbocycles. The van der Waals surface area contributed by atoms with E-state index >= 15 is 0 Å². The van der Waals surface area contributed by atoms with Crippen molar-refractivity contribution in [3.05, 3.63) is 39.4 Å². The van der Waals surface area contributed by atoms with Crippen LogP contribution in [0.5, 0.6) is 0 Å². The van der Waals surface area contributed by atoms with Gasteiger partial charge in [0.2, 0.25) is 0 Å². The molecule has 0 aromatic heterocycles. The minimum absolute atomic E-state index is 0.144. The van der Waals surface area contributed by atoms with Crippen LogP contribution < -0.4 is 0 Å². The second-order valence-electron chi connectivity index (χ2n) is 5.70. The molecule has 0 aliphatic heterocycles. The Balaban J connectivity index is 3.01. The second kappa shape index (κ2) is 5.48. The molecule has 100 valence electrons. The highest BCUT2D eigenvalue weighted by Gasteiger charge is 2.18. The van der Waals surface area contributed by atoms with E-state index in [0.29, 0.717) is 5.56 Å². The lowest BCUT2D eigenvalue weighted by molar-refractivity contribution is -0.386. The van der Waals surface area contributed by atoms with Gasteiger partial charge >= 0.3 is 0 Å². The van der Waals surface area contributed by atoms with Crippen molar-refractivity contribution >= 4 is 5.69 Å². The largest absolute Gasteiger partial charge is 0.371 e. The molecule has 4 nitrogen and oxygen atoms in total. The monoisotopic (exact) mass is 251 g/mol. The second-order valence-corrected chi connectivity index (χ2v) is 5.70. The number of hydrogen-bond acceptors (Lipinski definition) is 3. The minimum atomic E-state index is -0.340. The Morgan fingerprint density at radius 3 is 2.39 bits per heavy atom. The van der Waals surface area contributed by atoms with Crippen molar-refractivity contribution in [2.45, 2.75) is 52.7 Å². The molecule has 0 N–H and O–H groups in total. The molecule has 0 radical (unpaired) electrons. The van der Waals surface area contributed by atoms with Crippen LogP contribution in [-0.4, -0.2) is 10.5 Å². The van der Waals surface area contributed by atoms with Gasteiger partial charge in [-0.15, -0.1) is 0 Å². The first-order valence-corrected chi connectivity index (χ1v) is 6.12. The van der Waals surface area contributed by atoms with E-state index < -0.39 is 0 Å². The minimum Gasteiger partial charge on any atom is -0.371 e. The zero-order chi connectivity index (χ0) is 13.9. The average molecular weight is 251 g/mol. The third-order valence-corrected chi connectivity index (χ3v) is 2.63. The molecule has 0 bridgehead atoms. The molecule has 0 atom stereocenters. The van der Waals surface area contributed by atoms with Crippen molar-refractivity contribution in [2.75, 3.05) is 0 Å². The molecule has 1 aromatic rings. The SMILES string of the molecule is CC(C)c1ccc(COC(C)(C)C)c([N+](=O)[O-])c1. The summed E-state index contributed by atoms with van der Waals surface area (Å²) in [6.07, 6.45) is 0. The van der Waals surface area contributed by atoms with Crippen molar-refractivity contribution in [2.24, 2.45) is 0 Å². The lowest BCUT2D eigenvalue weighted by atomic mass is 10.0. The first kappa shape index (κ1) is 14.6. The number of ether oxygens (including phenoxy) is 1. The number of nitro benzene ring substituents is 1. The summed E-state index contributed by atoms with van der Waals surface area (Å²) in [4.78, 5) is 10.7. The Morgan fingerprint density at radius 2 is 1.94 bits per heavy atom. The van der Waals surface area contributed by atoms with E-state index in [9.17, 15) is 10.1 Å². The van der Waals surface area contributed by atoms with E-state index in [1.165, 1.54) is 0 Å². The van der Waals surface area contributed by atoms with Crippen molar-refractivity contribution in [3.63, 3.8) is 0 Å². The topological polar surface area (TPSA) is 52.4 Å². The van der Waals surface area contributed by atoms with Crippen LogP contribution in [0.3, 0.4) is 0 Å². The molecule has 0 amide bonds. The highest BCUT2D eigenvalue weighted by atomic mass is 16.6. The summed E-state index contributed by atoms with van der Waals surface area (Å²) < 4.78 is 5.60. The van der Waals surface area contributed by atoms with Crippen LogP contribution in [0.4, 0.5) is 5.69 Å². The lowest BCUT2D eigenvalue weighted by Gasteiger charge is -2.19. The molecule has 0 saturated heterocycles. The van der Waals surface area contributed by atoms with Crippen molar-refractivity contribution in [1.82, 2.24) is 0 Å². The van der Waals surface area contributed by atoms with E-state index in [0.717, 1.165) is 5.56 Å². The van der Waals surface area contributed by atoms with Gasteiger partial charge in [0.1, 0.15) is 0 Å². The van der Waals surface area contributed by atoms with Crippen LogP contribution in [-0.2, 0) is 11.3 Å². The van der Waals surface area contributed by atoms with E-state index in [1.807, 2.05) is 40.7 Å². The predicted octanol–water partition coefficient (Wildman–Crippen LogP) is 4.03. The van der Waals surface area contributed by atoms with Crippen LogP contribution in [0, 0.1) is 10.1 Å². The van der Waals surface area contributed by atoms with Crippen molar-refractivity contribution < 1.29 is 9.66 Å². The third-order valence-electron chi connectivity index (χ3n) is 2.63. The van der Waals surface area contributed by atoms with E-state index in [2.05, 4.69) is 0 Å². The van der Waals surface area contributed by atoms with Crippen molar-refractivity contribution in [3.8, 4) is 0 Å². The average Bonchev–Trinajstić information content (AvgIpc) is 2.24. The maximum Gasteiger partial charge on any atom is 0.275 e. The van der Waals surface area contributed by atoms with Gasteiger partial charge in [0.25, 0.3) is 5.69 Å². The van der Waals surface area contributed by atoms with Gasteiger partial charge in [0.15, 0.2) is 0 Å². The highest BCUT2D eigenvalue weighted by molar-refractivity contribution is 5.43. The molecule has 0 unspecified atom stereocenters. The smallest absolute Gasteiger partial charge is 0.275 e. The number of benzene rings is 1. The van der Waals surface area contributed by atoms with Gasteiger partial charge in [0.05, 0.1) is 22.7 Å². The van der Waals surface area contributed by atoms with E-state index in [1.54, 1.807) is 12.1 Å². The Hall–Kier alpha value is -1.42. The number of hydrogen-bond donors (Lipinski definition) is 0. The van der Waals surface area contributed by atoms with Gasteiger partial charge in [-0.2, -0.15) is 0 Å². The van der Waals surface area contributed by atoms with Crippen LogP contribution in [0.25, 0.3) is 0 Å². The normalized spacial score (nSPS) is 11.9. The van der Waals surface area contributed by atoms with Gasteiger partial charge in [-0.05, 0) is 38.3 Å². The molecule has 18 heavy (non-hydrogen) atoms. The molecule has 0 aliphatic rings. The summed E-state index contributed by atoms with van der Waals surface area (Å²) in [5.74, 6) is 0.279.